The van der Waals surface area contributed by atoms with Gasteiger partial charge in [0.25, 0.3) is 0 Å². The molecule has 1 aliphatic carbocycles. The highest BCUT2D eigenvalue weighted by Gasteiger charge is 2.27. The van der Waals surface area contributed by atoms with E-state index in [0.29, 0.717) is 6.54 Å². The van der Waals surface area contributed by atoms with Gasteiger partial charge in [-0.1, -0.05) is 37.5 Å². The fourth-order valence-corrected chi connectivity index (χ4v) is 4.95. The van der Waals surface area contributed by atoms with Gasteiger partial charge < -0.3 is 5.32 Å². The Balaban J connectivity index is 1.70. The van der Waals surface area contributed by atoms with Crippen LogP contribution in [0.3, 0.4) is 0 Å². The van der Waals surface area contributed by atoms with Crippen LogP contribution in [0, 0.1) is 0 Å². The molecule has 1 saturated carbocycles. The number of nitrogens with one attached hydrogen (secondary N) is 2. The SMILES string of the molecule is O=S(=O)(NCc1cccc2c1NCCC2)C1CCCCC1. The van der Waals surface area contributed by atoms with Gasteiger partial charge in [0.2, 0.25) is 10.0 Å². The highest BCUT2D eigenvalue weighted by molar-refractivity contribution is 7.90. The second-order valence-corrected chi connectivity index (χ2v) is 8.15. The summed E-state index contributed by atoms with van der Waals surface area (Å²) in [7, 11) is -3.19. The highest BCUT2D eigenvalue weighted by Crippen LogP contribution is 2.27. The van der Waals surface area contributed by atoms with Gasteiger partial charge in [-0.25, -0.2) is 13.1 Å². The normalized spacial score (nSPS) is 19.8. The Morgan fingerprint density at radius 3 is 2.76 bits per heavy atom. The molecule has 4 nitrogen and oxygen atoms in total. The number of anilines is 1. The van der Waals surface area contributed by atoms with Crippen LogP contribution in [0.25, 0.3) is 0 Å². The van der Waals surface area contributed by atoms with Crippen LogP contribution in [0.5, 0.6) is 0 Å². The molecular formula is C16H24N2O2S. The molecule has 2 N–H and O–H groups in total. The van der Waals surface area contributed by atoms with Crippen molar-refractivity contribution >= 4 is 15.7 Å². The molecule has 1 aromatic carbocycles. The van der Waals surface area contributed by atoms with Crippen LogP contribution in [0.4, 0.5) is 5.69 Å². The first-order valence-corrected chi connectivity index (χ1v) is 9.54. The van der Waals surface area contributed by atoms with Crippen LogP contribution < -0.4 is 10.0 Å². The van der Waals surface area contributed by atoms with E-state index in [1.54, 1.807) is 0 Å². The summed E-state index contributed by atoms with van der Waals surface area (Å²) in [4.78, 5) is 0. The molecule has 2 aliphatic rings. The molecule has 0 bridgehead atoms. The number of hydrogen-bond acceptors (Lipinski definition) is 3. The molecule has 0 amide bonds. The lowest BCUT2D eigenvalue weighted by Gasteiger charge is -2.24. The Labute approximate surface area is 127 Å². The predicted molar refractivity (Wildman–Crippen MR) is 85.9 cm³/mol. The minimum absolute atomic E-state index is 0.196. The van der Waals surface area contributed by atoms with E-state index >= 15 is 0 Å². The maximum atomic E-state index is 12.4. The summed E-state index contributed by atoms with van der Waals surface area (Å²) < 4.78 is 27.6. The zero-order valence-corrected chi connectivity index (χ0v) is 13.2. The molecule has 5 heteroatoms. The lowest BCUT2D eigenvalue weighted by molar-refractivity contribution is 0.477. The van der Waals surface area contributed by atoms with Crippen LogP contribution in [-0.2, 0) is 23.0 Å². The summed E-state index contributed by atoms with van der Waals surface area (Å²) in [5.41, 5.74) is 3.50. The molecular weight excluding hydrogens is 284 g/mol. The molecule has 0 radical (unpaired) electrons. The first-order valence-electron chi connectivity index (χ1n) is 8.00. The molecule has 0 aromatic heterocycles. The van der Waals surface area contributed by atoms with Crippen molar-refractivity contribution in [3.8, 4) is 0 Å². The van der Waals surface area contributed by atoms with Crippen molar-refractivity contribution in [1.29, 1.82) is 0 Å². The maximum Gasteiger partial charge on any atom is 0.214 e. The topological polar surface area (TPSA) is 58.2 Å². The van der Waals surface area contributed by atoms with Crippen LogP contribution in [0.15, 0.2) is 18.2 Å². The lowest BCUT2D eigenvalue weighted by Crippen LogP contribution is -2.35. The zero-order valence-electron chi connectivity index (χ0n) is 12.4. The highest BCUT2D eigenvalue weighted by atomic mass is 32.2. The van der Waals surface area contributed by atoms with E-state index in [4.69, 9.17) is 0 Å². The largest absolute Gasteiger partial charge is 0.385 e. The quantitative estimate of drug-likeness (QED) is 0.899. The van der Waals surface area contributed by atoms with E-state index in [1.165, 1.54) is 12.0 Å². The molecule has 1 aliphatic heterocycles. The molecule has 116 valence electrons. The van der Waals surface area contributed by atoms with Crippen molar-refractivity contribution in [1.82, 2.24) is 4.72 Å². The molecule has 1 aromatic rings. The summed E-state index contributed by atoms with van der Waals surface area (Å²) in [6.07, 6.45) is 7.07. The Morgan fingerprint density at radius 1 is 1.14 bits per heavy atom. The first-order chi connectivity index (χ1) is 10.2. The monoisotopic (exact) mass is 308 g/mol. The Kier molecular flexibility index (Phi) is 4.50. The van der Waals surface area contributed by atoms with Gasteiger partial charge in [0.15, 0.2) is 0 Å². The van der Waals surface area contributed by atoms with Crippen molar-refractivity contribution in [2.24, 2.45) is 0 Å². The molecule has 0 unspecified atom stereocenters. The third-order valence-corrected chi connectivity index (χ3v) is 6.51. The smallest absolute Gasteiger partial charge is 0.214 e. The second kappa shape index (κ2) is 6.36. The Hall–Kier alpha value is -1.07. The van der Waals surface area contributed by atoms with Crippen molar-refractivity contribution < 1.29 is 8.42 Å². The van der Waals surface area contributed by atoms with Gasteiger partial charge in [-0.15, -0.1) is 0 Å². The number of aryl methyl sites for hydroxylation is 1. The predicted octanol–water partition coefficient (Wildman–Crippen LogP) is 2.80. The number of para-hydroxylation sites is 1. The summed E-state index contributed by atoms with van der Waals surface area (Å²) in [6, 6.07) is 6.16. The van der Waals surface area contributed by atoms with Crippen LogP contribution in [0.1, 0.15) is 49.7 Å². The molecule has 21 heavy (non-hydrogen) atoms. The summed E-state index contributed by atoms with van der Waals surface area (Å²) in [5.74, 6) is 0. The maximum absolute atomic E-state index is 12.4. The fraction of sp³-hybridized carbons (Fsp3) is 0.625. The van der Waals surface area contributed by atoms with E-state index in [2.05, 4.69) is 16.1 Å². The number of benzene rings is 1. The van der Waals surface area contributed by atoms with Crippen molar-refractivity contribution in [3.05, 3.63) is 29.3 Å². The third kappa shape index (κ3) is 3.40. The number of rotatable bonds is 4. The van der Waals surface area contributed by atoms with Gasteiger partial charge in [-0.05, 0) is 36.8 Å². The van der Waals surface area contributed by atoms with Gasteiger partial charge >= 0.3 is 0 Å². The Morgan fingerprint density at radius 2 is 1.95 bits per heavy atom. The lowest BCUT2D eigenvalue weighted by atomic mass is 9.99. The minimum Gasteiger partial charge on any atom is -0.385 e. The van der Waals surface area contributed by atoms with Crippen molar-refractivity contribution in [3.63, 3.8) is 0 Å². The average Bonchev–Trinajstić information content (AvgIpc) is 2.54. The van der Waals surface area contributed by atoms with Crippen molar-refractivity contribution in [2.75, 3.05) is 11.9 Å². The first kappa shape index (κ1) is 14.9. The molecule has 1 heterocycles. The summed E-state index contributed by atoms with van der Waals surface area (Å²) in [5, 5.41) is 3.22. The molecule has 0 spiro atoms. The Bertz CT molecular complexity index is 592. The number of fused-ring (bicyclic) bond motifs is 1. The van der Waals surface area contributed by atoms with Gasteiger partial charge in [0, 0.05) is 18.8 Å². The van der Waals surface area contributed by atoms with E-state index in [1.807, 2.05) is 12.1 Å². The van der Waals surface area contributed by atoms with Gasteiger partial charge in [-0.3, -0.25) is 0 Å². The molecule has 0 atom stereocenters. The third-order valence-electron chi connectivity index (χ3n) is 4.62. The van der Waals surface area contributed by atoms with Gasteiger partial charge in [-0.2, -0.15) is 0 Å². The molecule has 1 fully saturated rings. The molecule has 3 rings (SSSR count). The van der Waals surface area contributed by atoms with E-state index in [-0.39, 0.29) is 5.25 Å². The standard InChI is InChI=1S/C16H24N2O2S/c19-21(20,15-9-2-1-3-10-15)18-12-14-7-4-6-13-8-5-11-17-16(13)14/h4,6-7,15,17-18H,1-3,5,8-12H2. The van der Waals surface area contributed by atoms with Crippen molar-refractivity contribution in [2.45, 2.75) is 56.7 Å². The van der Waals surface area contributed by atoms with E-state index in [9.17, 15) is 8.42 Å². The number of hydrogen-bond donors (Lipinski definition) is 2. The second-order valence-electron chi connectivity index (χ2n) is 6.11. The minimum atomic E-state index is -3.19. The van der Waals surface area contributed by atoms with E-state index in [0.717, 1.165) is 56.3 Å². The van der Waals surface area contributed by atoms with E-state index < -0.39 is 10.0 Å². The van der Waals surface area contributed by atoms with Crippen LogP contribution in [-0.4, -0.2) is 20.2 Å². The zero-order chi connectivity index (χ0) is 14.7. The van der Waals surface area contributed by atoms with Gasteiger partial charge in [0.1, 0.15) is 0 Å². The fourth-order valence-electron chi connectivity index (χ4n) is 3.40. The average molecular weight is 308 g/mol. The van der Waals surface area contributed by atoms with Crippen LogP contribution >= 0.6 is 0 Å². The number of sulfonamides is 1. The van der Waals surface area contributed by atoms with Gasteiger partial charge in [0.05, 0.1) is 5.25 Å². The summed E-state index contributed by atoms with van der Waals surface area (Å²) in [6.45, 7) is 1.37. The summed E-state index contributed by atoms with van der Waals surface area (Å²) >= 11 is 0. The van der Waals surface area contributed by atoms with Crippen LogP contribution in [0.2, 0.25) is 0 Å². The molecule has 0 saturated heterocycles.